The molecule has 6 atom stereocenters. The van der Waals surface area contributed by atoms with E-state index in [1.807, 2.05) is 55.5 Å². The number of cyclic esters (lactones) is 1. The Kier molecular flexibility index (Phi) is 7.26. The number of anilines is 1. The lowest BCUT2D eigenvalue weighted by atomic mass is 9.73. The standard InChI is InChI=1S/C32H33ClN2O6/c1-2-31-15-6-7-18-40-30(39)26(31)25-28(37)35(24(20-36)19-21-9-4-3-5-10-21)27-29(38)34(17-8-16-32(25,27)41-31)23-13-11-22(33)12-14-23/h3-6,8-16,24-27,36H,2,7,17-20H2,1H3/t24-,25+,26-,27?,31+,32+/m1/s1. The molecular formula is C32H33ClN2O6. The summed E-state index contributed by atoms with van der Waals surface area (Å²) < 4.78 is 12.5. The van der Waals surface area contributed by atoms with E-state index in [-0.39, 0.29) is 25.7 Å². The fraction of sp³-hybridized carbons (Fsp3) is 0.406. The molecule has 0 saturated carbocycles. The summed E-state index contributed by atoms with van der Waals surface area (Å²) in [5, 5.41) is 11.2. The van der Waals surface area contributed by atoms with E-state index in [0.29, 0.717) is 30.0 Å². The number of nitrogens with zero attached hydrogens (tertiary/aromatic N) is 2. The lowest BCUT2D eigenvalue weighted by Crippen LogP contribution is -2.59. The number of aliphatic hydroxyl groups is 1. The highest BCUT2D eigenvalue weighted by Gasteiger charge is 2.76. The molecule has 2 aromatic rings. The van der Waals surface area contributed by atoms with E-state index in [1.54, 1.807) is 35.2 Å². The van der Waals surface area contributed by atoms with Gasteiger partial charge in [-0.1, -0.05) is 73.2 Å². The van der Waals surface area contributed by atoms with Crippen LogP contribution in [0.4, 0.5) is 5.69 Å². The van der Waals surface area contributed by atoms with Crippen LogP contribution in [0.3, 0.4) is 0 Å². The number of hydrogen-bond acceptors (Lipinski definition) is 6. The zero-order chi connectivity index (χ0) is 28.8. The normalized spacial score (nSPS) is 31.6. The first-order valence-electron chi connectivity index (χ1n) is 14.1. The number of halogens is 1. The Morgan fingerprint density at radius 3 is 2.46 bits per heavy atom. The summed E-state index contributed by atoms with van der Waals surface area (Å²) in [6.07, 6.45) is 8.71. The highest BCUT2D eigenvalue weighted by Crippen LogP contribution is 2.58. The Morgan fingerprint density at radius 1 is 1.00 bits per heavy atom. The van der Waals surface area contributed by atoms with Crippen LogP contribution in [-0.2, 0) is 30.3 Å². The van der Waals surface area contributed by atoms with Crippen LogP contribution in [-0.4, -0.2) is 70.8 Å². The third-order valence-electron chi connectivity index (χ3n) is 8.90. The molecule has 4 aliphatic heterocycles. The van der Waals surface area contributed by atoms with Gasteiger partial charge in [-0.2, -0.15) is 0 Å². The van der Waals surface area contributed by atoms with Gasteiger partial charge in [0.2, 0.25) is 5.91 Å². The smallest absolute Gasteiger partial charge is 0.313 e. The molecule has 0 bridgehead atoms. The minimum atomic E-state index is -1.44. The maximum Gasteiger partial charge on any atom is 0.313 e. The number of benzene rings is 2. The number of ether oxygens (including phenoxy) is 2. The van der Waals surface area contributed by atoms with Gasteiger partial charge in [-0.3, -0.25) is 14.4 Å². The van der Waals surface area contributed by atoms with Gasteiger partial charge >= 0.3 is 5.97 Å². The third kappa shape index (κ3) is 4.40. The van der Waals surface area contributed by atoms with Gasteiger partial charge in [-0.15, -0.1) is 0 Å². The summed E-state index contributed by atoms with van der Waals surface area (Å²) >= 11 is 6.13. The molecule has 0 radical (unpaired) electrons. The van der Waals surface area contributed by atoms with Gasteiger partial charge in [0.25, 0.3) is 5.91 Å². The topological polar surface area (TPSA) is 96.4 Å². The first kappa shape index (κ1) is 27.7. The number of fused-ring (bicyclic) bond motifs is 2. The SMILES string of the molecule is CC[C@]12C=CCCOC(=O)[C@H]1[C@H]1C(=O)N([C@@H](CO)Cc3ccccc3)C3C(=O)N(c4ccc(Cl)cc4)CC=C[C@@]31O2. The third-order valence-corrected chi connectivity index (χ3v) is 9.15. The molecule has 6 rings (SSSR count). The van der Waals surface area contributed by atoms with Crippen molar-refractivity contribution < 1.29 is 29.0 Å². The van der Waals surface area contributed by atoms with E-state index in [0.717, 1.165) is 5.56 Å². The average molecular weight is 577 g/mol. The fourth-order valence-electron chi connectivity index (χ4n) is 7.05. The molecule has 1 spiro atoms. The van der Waals surface area contributed by atoms with Crippen molar-refractivity contribution in [2.24, 2.45) is 11.8 Å². The van der Waals surface area contributed by atoms with Crippen LogP contribution in [0, 0.1) is 11.8 Å². The Bertz CT molecular complexity index is 1390. The van der Waals surface area contributed by atoms with Crippen molar-refractivity contribution in [1.82, 2.24) is 4.90 Å². The number of carbonyl (C=O) groups excluding carboxylic acids is 3. The van der Waals surface area contributed by atoms with Gasteiger partial charge in [0, 0.05) is 17.3 Å². The van der Waals surface area contributed by atoms with Crippen molar-refractivity contribution in [2.75, 3.05) is 24.7 Å². The number of likely N-dealkylation sites (tertiary alicyclic amines) is 1. The van der Waals surface area contributed by atoms with E-state index in [2.05, 4.69) is 0 Å². The lowest BCUT2D eigenvalue weighted by molar-refractivity contribution is -0.161. The monoisotopic (exact) mass is 576 g/mol. The lowest BCUT2D eigenvalue weighted by Gasteiger charge is -2.41. The number of carbonyl (C=O) groups is 3. The van der Waals surface area contributed by atoms with Crippen LogP contribution in [0.2, 0.25) is 5.02 Å². The van der Waals surface area contributed by atoms with Crippen molar-refractivity contribution in [3.8, 4) is 0 Å². The second-order valence-corrected chi connectivity index (χ2v) is 11.5. The number of amides is 2. The molecule has 2 fully saturated rings. The van der Waals surface area contributed by atoms with E-state index in [4.69, 9.17) is 21.1 Å². The highest BCUT2D eigenvalue weighted by molar-refractivity contribution is 6.30. The maximum absolute atomic E-state index is 14.7. The van der Waals surface area contributed by atoms with Crippen LogP contribution in [0.15, 0.2) is 78.9 Å². The quantitative estimate of drug-likeness (QED) is 0.416. The molecule has 4 heterocycles. The van der Waals surface area contributed by atoms with Crippen LogP contribution in [0.25, 0.3) is 0 Å². The van der Waals surface area contributed by atoms with Crippen LogP contribution in [0.5, 0.6) is 0 Å². The maximum atomic E-state index is 14.7. The minimum absolute atomic E-state index is 0.207. The molecule has 41 heavy (non-hydrogen) atoms. The minimum Gasteiger partial charge on any atom is -0.465 e. The first-order chi connectivity index (χ1) is 19.8. The molecule has 9 heteroatoms. The summed E-state index contributed by atoms with van der Waals surface area (Å²) in [6.45, 7) is 1.99. The zero-order valence-electron chi connectivity index (χ0n) is 22.8. The van der Waals surface area contributed by atoms with E-state index in [1.165, 1.54) is 4.90 Å². The Balaban J connectivity index is 1.51. The molecular weight excluding hydrogens is 544 g/mol. The van der Waals surface area contributed by atoms with Crippen LogP contribution < -0.4 is 4.90 Å². The molecule has 2 saturated heterocycles. The van der Waals surface area contributed by atoms with Gasteiger partial charge in [-0.05, 0) is 49.1 Å². The van der Waals surface area contributed by atoms with Crippen molar-refractivity contribution >= 4 is 35.1 Å². The number of esters is 1. The number of rotatable bonds is 6. The summed E-state index contributed by atoms with van der Waals surface area (Å²) in [6, 6.07) is 14.6. The molecule has 8 nitrogen and oxygen atoms in total. The summed E-state index contributed by atoms with van der Waals surface area (Å²) in [4.78, 5) is 46.0. The number of aliphatic hydroxyl groups excluding tert-OH is 1. The summed E-state index contributed by atoms with van der Waals surface area (Å²) in [5.74, 6) is -3.20. The first-order valence-corrected chi connectivity index (χ1v) is 14.5. The summed E-state index contributed by atoms with van der Waals surface area (Å²) in [5.41, 5.74) is -1.02. The Morgan fingerprint density at radius 2 is 1.76 bits per heavy atom. The van der Waals surface area contributed by atoms with Crippen molar-refractivity contribution in [3.63, 3.8) is 0 Å². The molecule has 2 amide bonds. The average Bonchev–Trinajstić information content (AvgIpc) is 3.33. The van der Waals surface area contributed by atoms with Gasteiger partial charge in [0.15, 0.2) is 0 Å². The summed E-state index contributed by atoms with van der Waals surface area (Å²) in [7, 11) is 0. The van der Waals surface area contributed by atoms with Gasteiger partial charge in [0.05, 0.1) is 25.2 Å². The van der Waals surface area contributed by atoms with Crippen molar-refractivity contribution in [2.45, 2.75) is 49.5 Å². The highest BCUT2D eigenvalue weighted by atomic mass is 35.5. The molecule has 0 aliphatic carbocycles. The molecule has 4 aliphatic rings. The van der Waals surface area contributed by atoms with Crippen molar-refractivity contribution in [3.05, 3.63) is 89.5 Å². The van der Waals surface area contributed by atoms with Gasteiger partial charge in [-0.25, -0.2) is 0 Å². The van der Waals surface area contributed by atoms with Crippen molar-refractivity contribution in [1.29, 1.82) is 0 Å². The van der Waals surface area contributed by atoms with E-state index in [9.17, 15) is 19.5 Å². The Labute approximate surface area is 244 Å². The van der Waals surface area contributed by atoms with Crippen LogP contribution >= 0.6 is 11.6 Å². The fourth-order valence-corrected chi connectivity index (χ4v) is 7.18. The zero-order valence-corrected chi connectivity index (χ0v) is 23.6. The van der Waals surface area contributed by atoms with E-state index < -0.39 is 47.0 Å². The predicted octanol–water partition coefficient (Wildman–Crippen LogP) is 3.71. The molecule has 214 valence electrons. The second kappa shape index (κ2) is 10.7. The second-order valence-electron chi connectivity index (χ2n) is 11.1. The van der Waals surface area contributed by atoms with Gasteiger partial charge < -0.3 is 24.4 Å². The molecule has 2 aromatic carbocycles. The molecule has 1 unspecified atom stereocenters. The van der Waals surface area contributed by atoms with Crippen LogP contribution in [0.1, 0.15) is 25.3 Å². The largest absolute Gasteiger partial charge is 0.465 e. The number of hydrogen-bond donors (Lipinski definition) is 1. The Hall–Kier alpha value is -3.46. The molecule has 1 N–H and O–H groups in total. The predicted molar refractivity (Wildman–Crippen MR) is 153 cm³/mol. The van der Waals surface area contributed by atoms with E-state index >= 15 is 0 Å². The molecule has 0 aromatic heterocycles. The van der Waals surface area contributed by atoms with Gasteiger partial charge in [0.1, 0.15) is 23.2 Å².